The second-order valence-electron chi connectivity index (χ2n) is 7.67. The summed E-state index contributed by atoms with van der Waals surface area (Å²) in [5.74, 6) is 1.08. The smallest absolute Gasteiger partial charge is 0.191 e. The fraction of sp³-hybridized carbons (Fsp3) is 0.304. The van der Waals surface area contributed by atoms with E-state index in [1.807, 2.05) is 24.3 Å². The first-order valence-corrected chi connectivity index (χ1v) is 11.8. The van der Waals surface area contributed by atoms with Crippen LogP contribution < -0.4 is 15.1 Å². The Morgan fingerprint density at radius 1 is 1.10 bits per heavy atom. The summed E-state index contributed by atoms with van der Waals surface area (Å²) in [5, 5.41) is 7.19. The number of aromatic nitrogens is 3. The zero-order chi connectivity index (χ0) is 21.4. The van der Waals surface area contributed by atoms with Gasteiger partial charge in [-0.2, -0.15) is 0 Å². The van der Waals surface area contributed by atoms with Crippen molar-refractivity contribution in [2.24, 2.45) is 0 Å². The third kappa shape index (κ3) is 3.89. The summed E-state index contributed by atoms with van der Waals surface area (Å²) < 4.78 is 2.21. The summed E-state index contributed by atoms with van der Waals surface area (Å²) >= 11 is 7.67. The lowest BCUT2D eigenvalue weighted by atomic mass is 10.2. The molecule has 1 aromatic carbocycles. The van der Waals surface area contributed by atoms with E-state index in [0.29, 0.717) is 0 Å². The number of fused-ring (bicyclic) bond motifs is 1. The Morgan fingerprint density at radius 2 is 1.87 bits per heavy atom. The van der Waals surface area contributed by atoms with Crippen LogP contribution in [0.25, 0.3) is 16.9 Å². The Balaban J connectivity index is 1.53. The fourth-order valence-corrected chi connectivity index (χ4v) is 4.96. The molecule has 4 heterocycles. The summed E-state index contributed by atoms with van der Waals surface area (Å²) in [6.07, 6.45) is 3.08. The van der Waals surface area contributed by atoms with Crippen LogP contribution >= 0.6 is 22.9 Å². The van der Waals surface area contributed by atoms with Crippen LogP contribution in [0.1, 0.15) is 12.6 Å². The number of thiazole rings is 1. The van der Waals surface area contributed by atoms with Crippen molar-refractivity contribution in [3.63, 3.8) is 0 Å². The third-order valence-corrected chi connectivity index (χ3v) is 6.87. The predicted molar refractivity (Wildman–Crippen MR) is 130 cm³/mol. The summed E-state index contributed by atoms with van der Waals surface area (Å²) in [5.41, 5.74) is 5.28. The Bertz CT molecular complexity index is 1190. The van der Waals surface area contributed by atoms with Gasteiger partial charge in [-0.15, -0.1) is 11.3 Å². The molecule has 1 fully saturated rings. The van der Waals surface area contributed by atoms with E-state index in [4.69, 9.17) is 21.6 Å². The molecule has 0 saturated carbocycles. The standard InChI is InChI=1S/C23H25ClN6S/c1-3-19-22(28(2)23-27-20(15-31-23)16-4-6-17(24)7-5-16)30-14-18(8-9-21(30)26-19)29-12-10-25-11-13-29/h4-9,14-15,25H,3,10-13H2,1-2H3. The van der Waals surface area contributed by atoms with Crippen molar-refractivity contribution in [2.75, 3.05) is 43.0 Å². The van der Waals surface area contributed by atoms with E-state index in [0.717, 1.165) is 71.2 Å². The molecule has 0 aliphatic carbocycles. The SMILES string of the molecule is CCc1nc2ccc(N3CCNCC3)cn2c1N(C)c1nc(-c2ccc(Cl)cc2)cs1. The van der Waals surface area contributed by atoms with Gasteiger partial charge in [0, 0.05) is 55.4 Å². The molecule has 0 unspecified atom stereocenters. The van der Waals surface area contributed by atoms with E-state index in [2.05, 4.69) is 57.2 Å². The van der Waals surface area contributed by atoms with E-state index >= 15 is 0 Å². The molecular weight excluding hydrogens is 428 g/mol. The highest BCUT2D eigenvalue weighted by Crippen LogP contribution is 2.34. The van der Waals surface area contributed by atoms with Gasteiger partial charge in [-0.3, -0.25) is 4.40 Å². The van der Waals surface area contributed by atoms with Crippen LogP contribution in [0.5, 0.6) is 0 Å². The second kappa shape index (κ2) is 8.49. The quantitative estimate of drug-likeness (QED) is 0.469. The van der Waals surface area contributed by atoms with E-state index in [-0.39, 0.29) is 0 Å². The van der Waals surface area contributed by atoms with Crippen LogP contribution in [0.15, 0.2) is 48.0 Å². The number of piperazine rings is 1. The van der Waals surface area contributed by atoms with Crippen molar-refractivity contribution in [3.05, 3.63) is 58.7 Å². The molecule has 6 nitrogen and oxygen atoms in total. The molecule has 1 N–H and O–H groups in total. The highest BCUT2D eigenvalue weighted by Gasteiger charge is 2.20. The molecule has 31 heavy (non-hydrogen) atoms. The first-order chi connectivity index (χ1) is 15.1. The lowest BCUT2D eigenvalue weighted by Gasteiger charge is -2.29. The van der Waals surface area contributed by atoms with Crippen molar-refractivity contribution in [1.29, 1.82) is 0 Å². The predicted octanol–water partition coefficient (Wildman–Crippen LogP) is 4.85. The number of hydrogen-bond acceptors (Lipinski definition) is 6. The molecule has 5 rings (SSSR count). The minimum Gasteiger partial charge on any atom is -0.368 e. The Hall–Kier alpha value is -2.61. The highest BCUT2D eigenvalue weighted by molar-refractivity contribution is 7.14. The van der Waals surface area contributed by atoms with Gasteiger partial charge >= 0.3 is 0 Å². The number of hydrogen-bond donors (Lipinski definition) is 1. The van der Waals surface area contributed by atoms with E-state index < -0.39 is 0 Å². The van der Waals surface area contributed by atoms with E-state index in [9.17, 15) is 0 Å². The van der Waals surface area contributed by atoms with Gasteiger partial charge < -0.3 is 15.1 Å². The van der Waals surface area contributed by atoms with Crippen molar-refractivity contribution < 1.29 is 0 Å². The summed E-state index contributed by atoms with van der Waals surface area (Å²) in [4.78, 5) is 14.4. The van der Waals surface area contributed by atoms with Crippen molar-refractivity contribution in [1.82, 2.24) is 19.7 Å². The number of pyridine rings is 1. The number of halogens is 1. The van der Waals surface area contributed by atoms with Crippen molar-refractivity contribution in [2.45, 2.75) is 13.3 Å². The molecule has 0 amide bonds. The average molecular weight is 453 g/mol. The first kappa shape index (κ1) is 20.3. The maximum Gasteiger partial charge on any atom is 0.191 e. The van der Waals surface area contributed by atoms with Crippen LogP contribution in [0.2, 0.25) is 5.02 Å². The van der Waals surface area contributed by atoms with Gasteiger partial charge in [0.1, 0.15) is 11.5 Å². The number of nitrogens with zero attached hydrogens (tertiary/aromatic N) is 5. The van der Waals surface area contributed by atoms with Gasteiger partial charge in [-0.1, -0.05) is 30.7 Å². The van der Waals surface area contributed by atoms with Gasteiger partial charge in [0.15, 0.2) is 5.13 Å². The molecule has 4 aromatic rings. The first-order valence-electron chi connectivity index (χ1n) is 10.6. The van der Waals surface area contributed by atoms with Crippen LogP contribution in [-0.4, -0.2) is 47.6 Å². The van der Waals surface area contributed by atoms with Crippen LogP contribution in [0, 0.1) is 0 Å². The van der Waals surface area contributed by atoms with Gasteiger partial charge in [0.2, 0.25) is 0 Å². The molecule has 0 radical (unpaired) electrons. The zero-order valence-electron chi connectivity index (χ0n) is 17.7. The normalized spacial score (nSPS) is 14.4. The van der Waals surface area contributed by atoms with Gasteiger partial charge in [0.05, 0.1) is 17.1 Å². The molecule has 0 spiro atoms. The third-order valence-electron chi connectivity index (χ3n) is 5.70. The van der Waals surface area contributed by atoms with Gasteiger partial charge in [0.25, 0.3) is 0 Å². The molecule has 1 aliphatic rings. The maximum atomic E-state index is 6.04. The number of rotatable bonds is 5. The average Bonchev–Trinajstić information content (AvgIpc) is 3.44. The second-order valence-corrected chi connectivity index (χ2v) is 8.94. The Kier molecular flexibility index (Phi) is 5.56. The van der Waals surface area contributed by atoms with Crippen LogP contribution in [0.4, 0.5) is 16.6 Å². The number of nitrogens with one attached hydrogen (secondary N) is 1. The number of anilines is 3. The monoisotopic (exact) mass is 452 g/mol. The largest absolute Gasteiger partial charge is 0.368 e. The molecule has 3 aromatic heterocycles. The lowest BCUT2D eigenvalue weighted by Crippen LogP contribution is -2.43. The molecule has 8 heteroatoms. The molecule has 0 atom stereocenters. The lowest BCUT2D eigenvalue weighted by molar-refractivity contribution is 0.588. The summed E-state index contributed by atoms with van der Waals surface area (Å²) in [7, 11) is 2.07. The van der Waals surface area contributed by atoms with E-state index in [1.165, 1.54) is 5.69 Å². The minimum absolute atomic E-state index is 0.731. The minimum atomic E-state index is 0.731. The van der Waals surface area contributed by atoms with Crippen LogP contribution in [-0.2, 0) is 6.42 Å². The highest BCUT2D eigenvalue weighted by atomic mass is 35.5. The van der Waals surface area contributed by atoms with Gasteiger partial charge in [-0.05, 0) is 30.7 Å². The summed E-state index contributed by atoms with van der Waals surface area (Å²) in [6.45, 7) is 6.21. The maximum absolute atomic E-state index is 6.04. The number of imidazole rings is 1. The summed E-state index contributed by atoms with van der Waals surface area (Å²) in [6, 6.07) is 12.1. The topological polar surface area (TPSA) is 48.7 Å². The number of benzene rings is 1. The molecule has 160 valence electrons. The molecule has 0 bridgehead atoms. The van der Waals surface area contributed by atoms with Crippen molar-refractivity contribution in [3.8, 4) is 11.3 Å². The number of aryl methyl sites for hydroxylation is 1. The fourth-order valence-electron chi connectivity index (χ4n) is 4.03. The Labute approximate surface area is 191 Å². The van der Waals surface area contributed by atoms with Crippen molar-refractivity contribution >= 4 is 45.2 Å². The van der Waals surface area contributed by atoms with Gasteiger partial charge in [-0.25, -0.2) is 9.97 Å². The Morgan fingerprint density at radius 3 is 2.61 bits per heavy atom. The zero-order valence-corrected chi connectivity index (χ0v) is 19.2. The van der Waals surface area contributed by atoms with E-state index in [1.54, 1.807) is 11.3 Å². The molecular formula is C23H25ClN6S. The molecule has 1 saturated heterocycles. The van der Waals surface area contributed by atoms with Crippen LogP contribution in [0.3, 0.4) is 0 Å². The molecule has 1 aliphatic heterocycles.